The normalized spacial score (nSPS) is 16.9. The van der Waals surface area contributed by atoms with Crippen LogP contribution in [0.3, 0.4) is 0 Å². The Bertz CT molecular complexity index is 364. The monoisotopic (exact) mass is 303 g/mol. The van der Waals surface area contributed by atoms with E-state index in [2.05, 4.69) is 40.8 Å². The zero-order chi connectivity index (χ0) is 12.1. The highest BCUT2D eigenvalue weighted by molar-refractivity contribution is 5.85. The predicted octanol–water partition coefficient (Wildman–Crippen LogP) is 2.84. The zero-order valence-corrected chi connectivity index (χ0v) is 13.0. The van der Waals surface area contributed by atoms with Gasteiger partial charge in [0, 0.05) is 32.4 Å². The van der Waals surface area contributed by atoms with Crippen molar-refractivity contribution in [3.8, 4) is 0 Å². The van der Waals surface area contributed by atoms with Gasteiger partial charge in [-0.05, 0) is 25.5 Å². The molecule has 1 aromatic heterocycles. The minimum atomic E-state index is 0. The molecule has 0 aromatic carbocycles. The first-order valence-electron chi connectivity index (χ1n) is 6.27. The highest BCUT2D eigenvalue weighted by atomic mass is 35.5. The van der Waals surface area contributed by atoms with Gasteiger partial charge >= 0.3 is 0 Å². The van der Waals surface area contributed by atoms with Gasteiger partial charge in [0.05, 0.1) is 11.7 Å². The molecule has 1 aromatic rings. The van der Waals surface area contributed by atoms with Crippen molar-refractivity contribution in [1.29, 1.82) is 0 Å². The van der Waals surface area contributed by atoms with Crippen molar-refractivity contribution < 1.29 is 0 Å². The Kier molecular flexibility index (Phi) is 9.02. The van der Waals surface area contributed by atoms with Gasteiger partial charge in [-0.15, -0.1) is 31.4 Å². The summed E-state index contributed by atoms with van der Waals surface area (Å²) in [5.41, 5.74) is 2.39. The number of piperazine rings is 1. The van der Waals surface area contributed by atoms with E-state index < -0.39 is 0 Å². The van der Waals surface area contributed by atoms with E-state index in [1.165, 1.54) is 5.57 Å². The number of nitrogens with zero attached hydrogens (tertiary/aromatic N) is 2. The molecule has 1 N–H and O–H groups in total. The first-order valence-corrected chi connectivity index (χ1v) is 6.27. The van der Waals surface area contributed by atoms with E-state index in [1.54, 1.807) is 0 Å². The number of hydrogen-bond donors (Lipinski definition) is 1. The van der Waals surface area contributed by atoms with Gasteiger partial charge in [-0.1, -0.05) is 11.6 Å². The highest BCUT2D eigenvalue weighted by Crippen LogP contribution is 2.25. The predicted molar refractivity (Wildman–Crippen MR) is 85.3 cm³/mol. The lowest BCUT2D eigenvalue weighted by Crippen LogP contribution is -2.45. The van der Waals surface area contributed by atoms with Crippen LogP contribution in [-0.2, 0) is 0 Å². The van der Waals surface area contributed by atoms with E-state index in [0.29, 0.717) is 6.04 Å². The van der Waals surface area contributed by atoms with Gasteiger partial charge in [0.25, 0.3) is 0 Å². The Morgan fingerprint density at radius 1 is 1.37 bits per heavy atom. The molecule has 0 spiro atoms. The minimum Gasteiger partial charge on any atom is -0.314 e. The number of hydrogen-bond acceptors (Lipinski definition) is 3. The summed E-state index contributed by atoms with van der Waals surface area (Å²) < 4.78 is 0. The van der Waals surface area contributed by atoms with Crippen LogP contribution >= 0.6 is 24.8 Å². The highest BCUT2D eigenvalue weighted by Gasteiger charge is 2.22. The maximum Gasteiger partial charge on any atom is 0.0578 e. The van der Waals surface area contributed by atoms with Crippen LogP contribution in [0.2, 0.25) is 0 Å². The van der Waals surface area contributed by atoms with E-state index in [4.69, 9.17) is 0 Å². The van der Waals surface area contributed by atoms with Crippen LogP contribution in [0, 0.1) is 0 Å². The smallest absolute Gasteiger partial charge is 0.0578 e. The summed E-state index contributed by atoms with van der Waals surface area (Å²) in [6, 6.07) is 6.54. The van der Waals surface area contributed by atoms with Crippen molar-refractivity contribution in [2.75, 3.05) is 26.2 Å². The Morgan fingerprint density at radius 2 is 2.05 bits per heavy atom. The summed E-state index contributed by atoms with van der Waals surface area (Å²) in [7, 11) is 0. The number of rotatable bonds is 4. The molecule has 1 fully saturated rings. The molecule has 0 aliphatic carbocycles. The maximum absolute atomic E-state index is 4.50. The van der Waals surface area contributed by atoms with Crippen LogP contribution in [0.25, 0.3) is 0 Å². The van der Waals surface area contributed by atoms with Crippen LogP contribution < -0.4 is 5.32 Å². The Balaban J connectivity index is 0.00000162. The van der Waals surface area contributed by atoms with E-state index in [-0.39, 0.29) is 24.8 Å². The molecule has 3 nitrogen and oxygen atoms in total. The number of nitrogens with one attached hydrogen (secondary N) is 1. The second-order valence-electron chi connectivity index (χ2n) is 4.72. The third-order valence-corrected chi connectivity index (χ3v) is 3.16. The van der Waals surface area contributed by atoms with Gasteiger partial charge < -0.3 is 5.32 Å². The van der Waals surface area contributed by atoms with Gasteiger partial charge in [-0.2, -0.15) is 0 Å². The van der Waals surface area contributed by atoms with Crippen LogP contribution in [0.15, 0.2) is 36.5 Å². The molecule has 0 radical (unpaired) electrons. The van der Waals surface area contributed by atoms with E-state index in [9.17, 15) is 0 Å². The van der Waals surface area contributed by atoms with Crippen LogP contribution in [0.4, 0.5) is 0 Å². The number of aromatic nitrogens is 1. The van der Waals surface area contributed by atoms with Crippen molar-refractivity contribution in [1.82, 2.24) is 15.2 Å². The third kappa shape index (κ3) is 5.49. The van der Waals surface area contributed by atoms with Crippen molar-refractivity contribution in [2.24, 2.45) is 0 Å². The summed E-state index contributed by atoms with van der Waals surface area (Å²) in [6.07, 6.45) is 2.87. The van der Waals surface area contributed by atoms with Crippen molar-refractivity contribution >= 4 is 24.8 Å². The van der Waals surface area contributed by atoms with Gasteiger partial charge in [-0.3, -0.25) is 9.88 Å². The van der Waals surface area contributed by atoms with Crippen LogP contribution in [0.5, 0.6) is 0 Å². The lowest BCUT2D eigenvalue weighted by molar-refractivity contribution is 0.169. The van der Waals surface area contributed by atoms with Gasteiger partial charge in [0.2, 0.25) is 0 Å². The average Bonchev–Trinajstić information content (AvgIpc) is 2.38. The molecular formula is C14H23Cl2N3. The summed E-state index contributed by atoms with van der Waals surface area (Å²) in [5.74, 6) is 0. The van der Waals surface area contributed by atoms with Crippen LogP contribution in [0.1, 0.15) is 25.1 Å². The summed E-state index contributed by atoms with van der Waals surface area (Å²) >= 11 is 0. The summed E-state index contributed by atoms with van der Waals surface area (Å²) in [5, 5.41) is 3.39. The van der Waals surface area contributed by atoms with Crippen molar-refractivity contribution in [3.05, 3.63) is 42.2 Å². The Labute approximate surface area is 128 Å². The van der Waals surface area contributed by atoms with Gasteiger partial charge in [0.15, 0.2) is 0 Å². The Morgan fingerprint density at radius 3 is 2.58 bits per heavy atom. The molecule has 0 amide bonds. The molecule has 0 unspecified atom stereocenters. The zero-order valence-electron chi connectivity index (χ0n) is 11.3. The van der Waals surface area contributed by atoms with E-state index in [0.717, 1.165) is 38.3 Å². The lowest BCUT2D eigenvalue weighted by atomic mass is 10.0. The molecule has 1 saturated heterocycles. The van der Waals surface area contributed by atoms with Gasteiger partial charge in [-0.25, -0.2) is 0 Å². The molecule has 0 bridgehead atoms. The number of halogens is 2. The molecule has 1 aliphatic rings. The number of pyridine rings is 1. The molecule has 2 rings (SSSR count). The fourth-order valence-corrected chi connectivity index (χ4v) is 2.32. The topological polar surface area (TPSA) is 28.2 Å². The second kappa shape index (κ2) is 9.32. The lowest BCUT2D eigenvalue weighted by Gasteiger charge is -2.34. The fourth-order valence-electron chi connectivity index (χ4n) is 2.32. The molecule has 108 valence electrons. The molecule has 1 aliphatic heterocycles. The average molecular weight is 304 g/mol. The Hall–Kier alpha value is -0.610. The first-order chi connectivity index (χ1) is 8.27. The molecular weight excluding hydrogens is 281 g/mol. The fraction of sp³-hybridized carbons (Fsp3) is 0.500. The molecule has 1 atom stereocenters. The van der Waals surface area contributed by atoms with Crippen molar-refractivity contribution in [3.63, 3.8) is 0 Å². The standard InChI is InChI=1S/C14H21N3.2ClH/c1-12(2)11-14(13-5-3-4-6-16-13)17-9-7-15-8-10-17;;/h3-6,14-15H,1,7-11H2,2H3;2*1H/t14-;;/m1../s1. The quantitative estimate of drug-likeness (QED) is 0.867. The van der Waals surface area contributed by atoms with E-state index >= 15 is 0 Å². The molecule has 0 saturated carbocycles. The second-order valence-corrected chi connectivity index (χ2v) is 4.72. The minimum absolute atomic E-state index is 0. The van der Waals surface area contributed by atoms with E-state index in [1.807, 2.05) is 12.3 Å². The summed E-state index contributed by atoms with van der Waals surface area (Å²) in [6.45, 7) is 10.5. The largest absolute Gasteiger partial charge is 0.314 e. The summed E-state index contributed by atoms with van der Waals surface area (Å²) in [4.78, 5) is 7.01. The maximum atomic E-state index is 4.50. The SMILES string of the molecule is C=C(C)C[C@H](c1ccccn1)N1CCNCC1.Cl.Cl. The molecule has 19 heavy (non-hydrogen) atoms. The molecule has 5 heteroatoms. The third-order valence-electron chi connectivity index (χ3n) is 3.16. The first kappa shape index (κ1) is 18.4. The van der Waals surface area contributed by atoms with Crippen molar-refractivity contribution in [2.45, 2.75) is 19.4 Å². The van der Waals surface area contributed by atoms with Crippen LogP contribution in [-0.4, -0.2) is 36.1 Å². The van der Waals surface area contributed by atoms with Gasteiger partial charge in [0.1, 0.15) is 0 Å². The molecule has 2 heterocycles.